The SMILES string of the molecule is CCOC(=O)c1ccc(OC(F)(F)C(F)(F)Br)cc1. The lowest BCUT2D eigenvalue weighted by Crippen LogP contribution is -2.40. The monoisotopic (exact) mass is 344 g/mol. The van der Waals surface area contributed by atoms with Gasteiger partial charge in [0.25, 0.3) is 0 Å². The molecule has 0 radical (unpaired) electrons. The van der Waals surface area contributed by atoms with Crippen LogP contribution in [0.4, 0.5) is 17.6 Å². The molecule has 0 aliphatic carbocycles. The molecule has 0 unspecified atom stereocenters. The van der Waals surface area contributed by atoms with E-state index in [4.69, 9.17) is 0 Å². The first-order valence-electron chi connectivity index (χ1n) is 5.08. The van der Waals surface area contributed by atoms with Gasteiger partial charge in [-0.25, -0.2) is 4.79 Å². The van der Waals surface area contributed by atoms with Crippen LogP contribution in [0.3, 0.4) is 0 Å². The Hall–Kier alpha value is -1.31. The lowest BCUT2D eigenvalue weighted by Gasteiger charge is -2.21. The summed E-state index contributed by atoms with van der Waals surface area (Å²) in [5, 5.41) is 0. The topological polar surface area (TPSA) is 35.5 Å². The molecule has 0 saturated heterocycles. The van der Waals surface area contributed by atoms with E-state index >= 15 is 0 Å². The highest BCUT2D eigenvalue weighted by Gasteiger charge is 2.57. The number of carbonyl (C=O) groups excluding carboxylic acids is 1. The molecule has 0 heterocycles. The number of benzene rings is 1. The molecular weight excluding hydrogens is 336 g/mol. The summed E-state index contributed by atoms with van der Waals surface area (Å²) in [5.74, 6) is -1.15. The Morgan fingerprint density at radius 2 is 1.74 bits per heavy atom. The van der Waals surface area contributed by atoms with Crippen LogP contribution in [-0.2, 0) is 4.74 Å². The summed E-state index contributed by atoms with van der Waals surface area (Å²) in [6, 6.07) is 4.21. The van der Waals surface area contributed by atoms with E-state index in [2.05, 4.69) is 9.47 Å². The molecule has 0 bridgehead atoms. The maximum atomic E-state index is 12.9. The highest BCUT2D eigenvalue weighted by molar-refractivity contribution is 9.10. The van der Waals surface area contributed by atoms with E-state index in [9.17, 15) is 22.4 Å². The Labute approximate surface area is 114 Å². The number of esters is 1. The van der Waals surface area contributed by atoms with Gasteiger partial charge >= 0.3 is 16.9 Å². The van der Waals surface area contributed by atoms with Gasteiger partial charge in [-0.05, 0) is 31.2 Å². The van der Waals surface area contributed by atoms with Crippen molar-refractivity contribution in [1.82, 2.24) is 0 Å². The highest BCUT2D eigenvalue weighted by Crippen LogP contribution is 2.40. The number of hydrogen-bond acceptors (Lipinski definition) is 3. The standard InChI is InChI=1S/C11H9BrF4O3/c1-2-18-9(17)7-3-5-8(6-4-7)19-11(15,16)10(12,13)14/h3-6H,2H2,1H3. The third-order valence-electron chi connectivity index (χ3n) is 1.94. The van der Waals surface area contributed by atoms with Crippen molar-refractivity contribution in [3.8, 4) is 5.75 Å². The lowest BCUT2D eigenvalue weighted by atomic mass is 10.2. The molecule has 1 aromatic carbocycles. The molecule has 0 atom stereocenters. The van der Waals surface area contributed by atoms with Gasteiger partial charge in [-0.15, -0.1) is 0 Å². The fourth-order valence-corrected chi connectivity index (χ4v) is 1.16. The van der Waals surface area contributed by atoms with Crippen molar-refractivity contribution in [2.45, 2.75) is 17.9 Å². The molecular formula is C11H9BrF4O3. The third-order valence-corrected chi connectivity index (χ3v) is 2.40. The molecule has 0 aliphatic rings. The summed E-state index contributed by atoms with van der Waals surface area (Å²) in [5.41, 5.74) is 0.100. The van der Waals surface area contributed by atoms with Gasteiger partial charge in [0.1, 0.15) is 5.75 Å². The lowest BCUT2D eigenvalue weighted by molar-refractivity contribution is -0.266. The zero-order valence-electron chi connectivity index (χ0n) is 9.63. The zero-order chi connectivity index (χ0) is 14.7. The smallest absolute Gasteiger partial charge is 0.462 e. The van der Waals surface area contributed by atoms with Crippen molar-refractivity contribution >= 4 is 21.9 Å². The molecule has 8 heteroatoms. The van der Waals surface area contributed by atoms with Crippen LogP contribution in [-0.4, -0.2) is 23.5 Å². The average Bonchev–Trinajstić information content (AvgIpc) is 2.28. The van der Waals surface area contributed by atoms with Gasteiger partial charge in [-0.1, -0.05) is 0 Å². The molecule has 1 rings (SSSR count). The van der Waals surface area contributed by atoms with Crippen molar-refractivity contribution < 1.29 is 31.8 Å². The fraction of sp³-hybridized carbons (Fsp3) is 0.364. The molecule has 0 aliphatic heterocycles. The number of rotatable bonds is 5. The van der Waals surface area contributed by atoms with E-state index in [-0.39, 0.29) is 12.2 Å². The Balaban J connectivity index is 2.81. The number of carbonyl (C=O) groups is 1. The van der Waals surface area contributed by atoms with Crippen molar-refractivity contribution in [3.05, 3.63) is 29.8 Å². The van der Waals surface area contributed by atoms with Crippen LogP contribution in [0.1, 0.15) is 17.3 Å². The van der Waals surface area contributed by atoms with Crippen LogP contribution in [0.25, 0.3) is 0 Å². The second-order valence-corrected chi connectivity index (χ2v) is 4.36. The van der Waals surface area contributed by atoms with Gasteiger partial charge in [0, 0.05) is 15.9 Å². The summed E-state index contributed by atoms with van der Waals surface area (Å²) in [6.07, 6.45) is -4.71. The predicted octanol–water partition coefficient (Wildman–Crippen LogP) is 3.82. The molecule has 0 spiro atoms. The van der Waals surface area contributed by atoms with Crippen LogP contribution in [0.5, 0.6) is 5.75 Å². The second kappa shape index (κ2) is 5.77. The van der Waals surface area contributed by atoms with Crippen LogP contribution < -0.4 is 4.74 Å². The van der Waals surface area contributed by atoms with Gasteiger partial charge in [0.05, 0.1) is 12.2 Å². The van der Waals surface area contributed by atoms with Crippen molar-refractivity contribution in [2.24, 2.45) is 0 Å². The number of hydrogen-bond donors (Lipinski definition) is 0. The van der Waals surface area contributed by atoms with Gasteiger partial charge in [-0.3, -0.25) is 0 Å². The molecule has 106 valence electrons. The highest BCUT2D eigenvalue weighted by atomic mass is 79.9. The van der Waals surface area contributed by atoms with Gasteiger partial charge in [-0.2, -0.15) is 17.6 Å². The number of ether oxygens (including phenoxy) is 2. The second-order valence-electron chi connectivity index (χ2n) is 3.36. The quantitative estimate of drug-likeness (QED) is 0.462. The Morgan fingerprint density at radius 3 is 2.16 bits per heavy atom. The first-order chi connectivity index (χ1) is 8.67. The van der Waals surface area contributed by atoms with E-state index in [1.165, 1.54) is 15.9 Å². The predicted molar refractivity (Wildman–Crippen MR) is 61.8 cm³/mol. The fourth-order valence-electron chi connectivity index (χ4n) is 1.08. The molecule has 0 aromatic heterocycles. The summed E-state index contributed by atoms with van der Waals surface area (Å²) in [4.78, 5) is 6.76. The molecule has 0 saturated carbocycles. The first-order valence-corrected chi connectivity index (χ1v) is 5.87. The van der Waals surface area contributed by atoms with E-state index in [1.807, 2.05) is 0 Å². The summed E-state index contributed by atoms with van der Waals surface area (Å²) in [7, 11) is 0. The third kappa shape index (κ3) is 4.09. The van der Waals surface area contributed by atoms with Gasteiger partial charge in [0.15, 0.2) is 0 Å². The maximum absolute atomic E-state index is 12.9. The van der Waals surface area contributed by atoms with Crippen LogP contribution in [0.2, 0.25) is 0 Å². The molecule has 0 N–H and O–H groups in total. The van der Waals surface area contributed by atoms with Gasteiger partial charge in [0.2, 0.25) is 0 Å². The van der Waals surface area contributed by atoms with Gasteiger partial charge < -0.3 is 9.47 Å². The summed E-state index contributed by atoms with van der Waals surface area (Å²) in [6.45, 7) is 1.76. The molecule has 0 amide bonds. The van der Waals surface area contributed by atoms with Crippen molar-refractivity contribution in [1.29, 1.82) is 0 Å². The molecule has 1 aromatic rings. The minimum absolute atomic E-state index is 0.100. The van der Waals surface area contributed by atoms with Crippen LogP contribution in [0, 0.1) is 0 Å². The van der Waals surface area contributed by atoms with E-state index in [1.54, 1.807) is 6.92 Å². The zero-order valence-corrected chi connectivity index (χ0v) is 11.2. The Kier molecular flexibility index (Phi) is 4.78. The first kappa shape index (κ1) is 15.7. The number of halogens is 5. The van der Waals surface area contributed by atoms with E-state index in [0.29, 0.717) is 0 Å². The van der Waals surface area contributed by atoms with Crippen molar-refractivity contribution in [2.75, 3.05) is 6.61 Å². The van der Waals surface area contributed by atoms with Crippen LogP contribution in [0.15, 0.2) is 24.3 Å². The Bertz CT molecular complexity index is 442. The van der Waals surface area contributed by atoms with Crippen molar-refractivity contribution in [3.63, 3.8) is 0 Å². The minimum Gasteiger partial charge on any atom is -0.462 e. The molecule has 3 nitrogen and oxygen atoms in total. The minimum atomic E-state index is -4.71. The number of alkyl halides is 5. The molecule has 19 heavy (non-hydrogen) atoms. The molecule has 0 fully saturated rings. The van der Waals surface area contributed by atoms with E-state index in [0.717, 1.165) is 24.3 Å². The summed E-state index contributed by atoms with van der Waals surface area (Å²) >= 11 is 1.53. The maximum Gasteiger partial charge on any atom is 0.475 e. The average molecular weight is 345 g/mol. The largest absolute Gasteiger partial charge is 0.475 e. The van der Waals surface area contributed by atoms with Crippen LogP contribution >= 0.6 is 15.9 Å². The Morgan fingerprint density at radius 1 is 1.21 bits per heavy atom. The normalized spacial score (nSPS) is 12.1. The van der Waals surface area contributed by atoms with E-state index < -0.39 is 22.7 Å². The summed E-state index contributed by atoms with van der Waals surface area (Å²) < 4.78 is 59.2.